The van der Waals surface area contributed by atoms with Gasteiger partial charge in [0.2, 0.25) is 5.72 Å². The van der Waals surface area contributed by atoms with Crippen molar-refractivity contribution in [3.8, 4) is 0 Å². The maximum absolute atomic E-state index is 14.7. The van der Waals surface area contributed by atoms with Crippen LogP contribution in [0.2, 0.25) is 0 Å². The SMILES string of the molecule is Cc1c(NC(=O)OC(C)(C)C)ccc2nc(N3CCCC3(OCc3ccccc3)C(=O)N(c3ccccn3)C(C)C)oc(=O)c12. The summed E-state index contributed by atoms with van der Waals surface area (Å²) < 4.78 is 17.8. The number of hydrogen-bond acceptors (Lipinski definition) is 9. The first-order valence-electron chi connectivity index (χ1n) is 15.0. The van der Waals surface area contributed by atoms with Crippen LogP contribution in [-0.2, 0) is 20.9 Å². The number of pyridine rings is 1. The van der Waals surface area contributed by atoms with Crippen molar-refractivity contribution in [2.45, 2.75) is 78.4 Å². The van der Waals surface area contributed by atoms with E-state index in [1.54, 1.807) is 68.0 Å². The summed E-state index contributed by atoms with van der Waals surface area (Å²) in [5, 5.41) is 2.91. The molecule has 1 saturated heterocycles. The fraction of sp³-hybridized carbons (Fsp3) is 0.382. The minimum absolute atomic E-state index is 0.0246. The molecule has 3 heterocycles. The van der Waals surface area contributed by atoms with Crippen molar-refractivity contribution < 1.29 is 23.5 Å². The van der Waals surface area contributed by atoms with Crippen molar-refractivity contribution in [2.75, 3.05) is 21.7 Å². The van der Waals surface area contributed by atoms with Gasteiger partial charge in [-0.15, -0.1) is 0 Å². The molecule has 0 saturated carbocycles. The Morgan fingerprint density at radius 2 is 1.82 bits per heavy atom. The zero-order chi connectivity index (χ0) is 32.4. The molecule has 1 N–H and O–H groups in total. The van der Waals surface area contributed by atoms with Crippen molar-refractivity contribution in [1.29, 1.82) is 0 Å². The van der Waals surface area contributed by atoms with Crippen LogP contribution < -0.4 is 20.7 Å². The van der Waals surface area contributed by atoms with E-state index in [1.807, 2.05) is 50.2 Å². The van der Waals surface area contributed by atoms with Gasteiger partial charge >= 0.3 is 17.7 Å². The Kier molecular flexibility index (Phi) is 8.92. The molecule has 2 aromatic heterocycles. The minimum Gasteiger partial charge on any atom is -0.444 e. The average Bonchev–Trinajstić information content (AvgIpc) is 3.42. The fourth-order valence-corrected chi connectivity index (χ4v) is 5.51. The summed E-state index contributed by atoms with van der Waals surface area (Å²) in [6.07, 6.45) is 1.93. The second-order valence-corrected chi connectivity index (χ2v) is 12.3. The maximum Gasteiger partial charge on any atom is 0.412 e. The third kappa shape index (κ3) is 6.68. The van der Waals surface area contributed by atoms with Crippen LogP contribution in [0.3, 0.4) is 0 Å². The number of benzene rings is 2. The molecule has 1 fully saturated rings. The van der Waals surface area contributed by atoms with Crippen LogP contribution in [0.15, 0.2) is 76.1 Å². The number of hydrogen-bond donors (Lipinski definition) is 1. The second-order valence-electron chi connectivity index (χ2n) is 12.3. The Bertz CT molecular complexity index is 1740. The number of fused-ring (bicyclic) bond motifs is 1. The highest BCUT2D eigenvalue weighted by atomic mass is 16.6. The molecule has 5 rings (SSSR count). The highest BCUT2D eigenvalue weighted by Gasteiger charge is 2.53. The lowest BCUT2D eigenvalue weighted by Gasteiger charge is -2.40. The topological polar surface area (TPSA) is 127 Å². The molecule has 1 atom stereocenters. The summed E-state index contributed by atoms with van der Waals surface area (Å²) in [6, 6.07) is 18.0. The first-order valence-corrected chi connectivity index (χ1v) is 15.0. The van der Waals surface area contributed by atoms with E-state index in [9.17, 15) is 14.4 Å². The molecule has 4 aromatic rings. The van der Waals surface area contributed by atoms with Gasteiger partial charge in [-0.25, -0.2) is 14.6 Å². The summed E-state index contributed by atoms with van der Waals surface area (Å²) in [4.78, 5) is 53.1. The first kappa shape index (κ1) is 31.6. The smallest absolute Gasteiger partial charge is 0.412 e. The zero-order valence-corrected chi connectivity index (χ0v) is 26.5. The lowest BCUT2D eigenvalue weighted by atomic mass is 10.1. The van der Waals surface area contributed by atoms with Crippen molar-refractivity contribution in [3.05, 3.63) is 88.4 Å². The third-order valence-corrected chi connectivity index (χ3v) is 7.53. The fourth-order valence-electron chi connectivity index (χ4n) is 5.51. The Morgan fingerprint density at radius 3 is 2.49 bits per heavy atom. The van der Waals surface area contributed by atoms with Gasteiger partial charge in [0.15, 0.2) is 0 Å². The van der Waals surface area contributed by atoms with Crippen molar-refractivity contribution in [2.24, 2.45) is 0 Å². The van der Waals surface area contributed by atoms with E-state index in [1.165, 1.54) is 0 Å². The van der Waals surface area contributed by atoms with E-state index in [0.29, 0.717) is 42.0 Å². The number of nitrogens with zero attached hydrogens (tertiary/aromatic N) is 4. The van der Waals surface area contributed by atoms with Gasteiger partial charge in [-0.3, -0.25) is 19.9 Å². The molecule has 236 valence electrons. The predicted octanol–water partition coefficient (Wildman–Crippen LogP) is 6.19. The number of rotatable bonds is 8. The highest BCUT2D eigenvalue weighted by Crippen LogP contribution is 2.38. The van der Waals surface area contributed by atoms with Crippen LogP contribution in [0.1, 0.15) is 58.6 Å². The molecule has 11 heteroatoms. The van der Waals surface area contributed by atoms with E-state index in [2.05, 4.69) is 10.3 Å². The average molecular weight is 614 g/mol. The van der Waals surface area contributed by atoms with E-state index in [4.69, 9.17) is 18.9 Å². The summed E-state index contributed by atoms with van der Waals surface area (Å²) in [5.41, 5.74) is -0.735. The Labute approximate surface area is 262 Å². The molecular weight excluding hydrogens is 574 g/mol. The number of aryl methyl sites for hydroxylation is 1. The highest BCUT2D eigenvalue weighted by molar-refractivity contribution is 6.01. The van der Waals surface area contributed by atoms with Crippen LogP contribution in [-0.4, -0.2) is 45.9 Å². The lowest BCUT2D eigenvalue weighted by Crippen LogP contribution is -2.60. The molecule has 0 spiro atoms. The monoisotopic (exact) mass is 613 g/mol. The molecule has 0 radical (unpaired) electrons. The molecule has 0 bridgehead atoms. The molecule has 11 nitrogen and oxygen atoms in total. The summed E-state index contributed by atoms with van der Waals surface area (Å²) in [6.45, 7) is 11.3. The number of ether oxygens (including phenoxy) is 2. The standard InChI is InChI=1S/C34H39N5O6/c1-22(2)39(27-15-10-11-19-35-27)30(41)34(43-21-24-13-8-7-9-14-24)18-12-20-38(34)31-36-26-17-16-25(23(3)28(26)29(40)44-31)37-32(42)45-33(4,5)6/h7-11,13-17,19,22H,12,18,20-21H2,1-6H3,(H,37,42). The number of anilines is 3. The first-order chi connectivity index (χ1) is 21.4. The predicted molar refractivity (Wildman–Crippen MR) is 172 cm³/mol. The minimum atomic E-state index is -1.53. The maximum atomic E-state index is 14.7. The van der Waals surface area contributed by atoms with E-state index < -0.39 is 23.0 Å². The zero-order valence-electron chi connectivity index (χ0n) is 26.5. The quantitative estimate of drug-likeness (QED) is 0.247. The van der Waals surface area contributed by atoms with E-state index in [0.717, 1.165) is 5.56 Å². The summed E-state index contributed by atoms with van der Waals surface area (Å²) >= 11 is 0. The van der Waals surface area contributed by atoms with Crippen LogP contribution in [0, 0.1) is 6.92 Å². The number of amides is 2. The van der Waals surface area contributed by atoms with Crippen LogP contribution in [0.25, 0.3) is 10.9 Å². The molecule has 1 aliphatic heterocycles. The van der Waals surface area contributed by atoms with Gasteiger partial charge in [-0.2, -0.15) is 4.98 Å². The van der Waals surface area contributed by atoms with Gasteiger partial charge in [0, 0.05) is 30.9 Å². The summed E-state index contributed by atoms with van der Waals surface area (Å²) in [5.74, 6) is 0.155. The number of nitrogens with one attached hydrogen (secondary N) is 1. The van der Waals surface area contributed by atoms with Gasteiger partial charge in [-0.05, 0) is 83.4 Å². The Morgan fingerprint density at radius 1 is 1.09 bits per heavy atom. The summed E-state index contributed by atoms with van der Waals surface area (Å²) in [7, 11) is 0. The normalized spacial score (nSPS) is 16.6. The molecule has 1 aliphatic rings. The molecular formula is C34H39N5O6. The number of carbonyl (C=O) groups is 2. The van der Waals surface area contributed by atoms with Gasteiger partial charge in [-0.1, -0.05) is 36.4 Å². The Balaban J connectivity index is 1.56. The van der Waals surface area contributed by atoms with E-state index in [-0.39, 0.29) is 30.0 Å². The second kappa shape index (κ2) is 12.7. The number of aromatic nitrogens is 2. The van der Waals surface area contributed by atoms with Gasteiger partial charge in [0.05, 0.1) is 17.5 Å². The van der Waals surface area contributed by atoms with Crippen LogP contribution in [0.5, 0.6) is 0 Å². The largest absolute Gasteiger partial charge is 0.444 e. The van der Waals surface area contributed by atoms with Gasteiger partial charge in [0.25, 0.3) is 5.91 Å². The molecule has 45 heavy (non-hydrogen) atoms. The van der Waals surface area contributed by atoms with E-state index >= 15 is 0 Å². The van der Waals surface area contributed by atoms with Crippen molar-refractivity contribution >= 4 is 40.4 Å². The number of carbonyl (C=O) groups excluding carboxylic acids is 2. The van der Waals surface area contributed by atoms with Crippen molar-refractivity contribution in [1.82, 2.24) is 9.97 Å². The Hall–Kier alpha value is -4.77. The molecule has 2 amide bonds. The molecule has 1 unspecified atom stereocenters. The molecule has 0 aliphatic carbocycles. The molecule has 2 aromatic carbocycles. The van der Waals surface area contributed by atoms with Crippen LogP contribution >= 0.6 is 0 Å². The lowest BCUT2D eigenvalue weighted by molar-refractivity contribution is -0.145. The van der Waals surface area contributed by atoms with Gasteiger partial charge in [0.1, 0.15) is 11.4 Å². The van der Waals surface area contributed by atoms with Crippen LogP contribution in [0.4, 0.5) is 22.3 Å². The third-order valence-electron chi connectivity index (χ3n) is 7.53. The van der Waals surface area contributed by atoms with Crippen molar-refractivity contribution in [3.63, 3.8) is 0 Å². The van der Waals surface area contributed by atoms with Gasteiger partial charge < -0.3 is 13.9 Å².